The van der Waals surface area contributed by atoms with Gasteiger partial charge >= 0.3 is 6.18 Å². The molecule has 2 aromatic heterocycles. The van der Waals surface area contributed by atoms with Gasteiger partial charge in [-0.1, -0.05) is 6.07 Å². The van der Waals surface area contributed by atoms with Gasteiger partial charge in [0, 0.05) is 24.9 Å². The van der Waals surface area contributed by atoms with E-state index in [0.717, 1.165) is 12.1 Å². The van der Waals surface area contributed by atoms with Crippen molar-refractivity contribution in [2.45, 2.75) is 13.1 Å². The van der Waals surface area contributed by atoms with Gasteiger partial charge in [-0.2, -0.15) is 18.4 Å². The first kappa shape index (κ1) is 17.5. The second kappa shape index (κ2) is 6.52. The maximum Gasteiger partial charge on any atom is 0.416 e. The summed E-state index contributed by atoms with van der Waals surface area (Å²) in [6.45, 7) is 1.72. The van der Waals surface area contributed by atoms with E-state index in [1.807, 2.05) is 6.07 Å². The van der Waals surface area contributed by atoms with E-state index in [1.54, 1.807) is 32.3 Å². The summed E-state index contributed by atoms with van der Waals surface area (Å²) in [6.07, 6.45) is -1.49. The third kappa shape index (κ3) is 3.24. The Kier molecular flexibility index (Phi) is 4.38. The number of nitrogens with one attached hydrogen (secondary N) is 1. The molecule has 0 unspecified atom stereocenters. The van der Waals surface area contributed by atoms with E-state index in [2.05, 4.69) is 15.3 Å². The Balaban J connectivity index is 2.14. The van der Waals surface area contributed by atoms with Crippen molar-refractivity contribution in [3.63, 3.8) is 0 Å². The largest absolute Gasteiger partial charge is 0.416 e. The number of aromatic nitrogens is 3. The summed E-state index contributed by atoms with van der Waals surface area (Å²) in [5.74, 6) is 1.00. The lowest BCUT2D eigenvalue weighted by Gasteiger charge is -2.10. The van der Waals surface area contributed by atoms with Crippen molar-refractivity contribution in [2.75, 3.05) is 12.4 Å². The van der Waals surface area contributed by atoms with E-state index < -0.39 is 11.7 Å². The summed E-state index contributed by atoms with van der Waals surface area (Å²) in [6, 6.07) is 8.79. The van der Waals surface area contributed by atoms with Crippen LogP contribution in [-0.4, -0.2) is 21.6 Å². The Hall–Kier alpha value is -3.34. The molecule has 0 saturated heterocycles. The van der Waals surface area contributed by atoms with Crippen LogP contribution in [0.15, 0.2) is 42.9 Å². The molecule has 26 heavy (non-hydrogen) atoms. The Bertz CT molecular complexity index is 999. The van der Waals surface area contributed by atoms with E-state index in [9.17, 15) is 18.4 Å². The predicted molar refractivity (Wildman–Crippen MR) is 90.8 cm³/mol. The fourth-order valence-electron chi connectivity index (χ4n) is 2.61. The molecule has 1 N–H and O–H groups in total. The third-order valence-electron chi connectivity index (χ3n) is 3.97. The molecule has 0 saturated carbocycles. The molecule has 0 amide bonds. The Morgan fingerprint density at radius 1 is 1.15 bits per heavy atom. The van der Waals surface area contributed by atoms with Crippen molar-refractivity contribution in [2.24, 2.45) is 0 Å². The van der Waals surface area contributed by atoms with Crippen LogP contribution in [0.3, 0.4) is 0 Å². The van der Waals surface area contributed by atoms with Crippen LogP contribution in [0.4, 0.5) is 19.0 Å². The van der Waals surface area contributed by atoms with E-state index >= 15 is 0 Å². The topological polar surface area (TPSA) is 66.5 Å². The summed E-state index contributed by atoms with van der Waals surface area (Å²) < 4.78 is 40.6. The summed E-state index contributed by atoms with van der Waals surface area (Å²) >= 11 is 0. The Morgan fingerprint density at radius 2 is 1.92 bits per heavy atom. The summed E-state index contributed by atoms with van der Waals surface area (Å²) in [5, 5.41) is 12.3. The smallest absolute Gasteiger partial charge is 0.373 e. The van der Waals surface area contributed by atoms with Gasteiger partial charge in [0.1, 0.15) is 29.7 Å². The van der Waals surface area contributed by atoms with Gasteiger partial charge < -0.3 is 5.32 Å². The van der Waals surface area contributed by atoms with Crippen LogP contribution in [0, 0.1) is 18.3 Å². The molecule has 0 fully saturated rings. The van der Waals surface area contributed by atoms with Crippen molar-refractivity contribution in [1.29, 1.82) is 5.26 Å². The van der Waals surface area contributed by atoms with Crippen LogP contribution >= 0.6 is 0 Å². The number of nitriles is 1. The van der Waals surface area contributed by atoms with Crippen LogP contribution in [-0.2, 0) is 6.18 Å². The lowest BCUT2D eigenvalue weighted by Crippen LogP contribution is -2.05. The first-order valence-electron chi connectivity index (χ1n) is 7.64. The molecule has 1 aromatic carbocycles. The lowest BCUT2D eigenvalue weighted by atomic mass is 10.00. The van der Waals surface area contributed by atoms with E-state index in [0.29, 0.717) is 28.3 Å². The minimum absolute atomic E-state index is 0.262. The monoisotopic (exact) mass is 357 g/mol. The first-order chi connectivity index (χ1) is 12.3. The number of alkyl halides is 3. The zero-order valence-electron chi connectivity index (χ0n) is 14.0. The van der Waals surface area contributed by atoms with Gasteiger partial charge in [-0.05, 0) is 36.2 Å². The molecule has 0 bridgehead atoms. The summed E-state index contributed by atoms with van der Waals surface area (Å²) in [7, 11) is 1.70. The minimum atomic E-state index is -4.43. The number of nitrogens with zero attached hydrogens (tertiary/aromatic N) is 4. The van der Waals surface area contributed by atoms with Crippen LogP contribution in [0.25, 0.3) is 16.9 Å². The quantitative estimate of drug-likeness (QED) is 0.764. The summed E-state index contributed by atoms with van der Waals surface area (Å²) in [5.41, 5.74) is 1.13. The molecule has 132 valence electrons. The predicted octanol–water partition coefficient (Wildman–Crippen LogP) is 4.17. The van der Waals surface area contributed by atoms with Gasteiger partial charge in [-0.15, -0.1) is 0 Å². The zero-order chi connectivity index (χ0) is 18.9. The molecule has 8 heteroatoms. The van der Waals surface area contributed by atoms with Crippen LogP contribution in [0.5, 0.6) is 0 Å². The number of rotatable bonds is 3. The van der Waals surface area contributed by atoms with E-state index in [1.165, 1.54) is 17.0 Å². The molecule has 2 heterocycles. The van der Waals surface area contributed by atoms with Crippen LogP contribution in [0.2, 0.25) is 0 Å². The molecule has 0 atom stereocenters. The molecular formula is C18H14F3N5. The van der Waals surface area contributed by atoms with Crippen LogP contribution < -0.4 is 5.32 Å². The maximum absolute atomic E-state index is 13.0. The number of halogens is 3. The van der Waals surface area contributed by atoms with Crippen LogP contribution in [0.1, 0.15) is 16.8 Å². The molecule has 5 nitrogen and oxygen atoms in total. The standard InChI is InChI=1S/C18H14F3N5/c1-11-3-4-13(18(19,20)21)6-15(11)12-5-14(8-22)26(9-12)17-7-16(23-2)24-10-25-17/h3-7,9-10H,1-2H3,(H,23,24,25). The lowest BCUT2D eigenvalue weighted by molar-refractivity contribution is -0.137. The second-order valence-electron chi connectivity index (χ2n) is 5.63. The highest BCUT2D eigenvalue weighted by Gasteiger charge is 2.31. The number of anilines is 1. The first-order valence-corrected chi connectivity index (χ1v) is 7.64. The Labute approximate surface area is 147 Å². The Morgan fingerprint density at radius 3 is 2.58 bits per heavy atom. The fraction of sp³-hybridized carbons (Fsp3) is 0.167. The van der Waals surface area contributed by atoms with Gasteiger partial charge in [0.2, 0.25) is 0 Å². The minimum Gasteiger partial charge on any atom is -0.373 e. The number of benzene rings is 1. The molecule has 3 aromatic rings. The summed E-state index contributed by atoms with van der Waals surface area (Å²) in [4.78, 5) is 8.15. The second-order valence-corrected chi connectivity index (χ2v) is 5.63. The van der Waals surface area contributed by atoms with Gasteiger partial charge in [-0.3, -0.25) is 4.57 Å². The molecule has 0 aliphatic carbocycles. The normalized spacial score (nSPS) is 11.2. The molecule has 0 aliphatic rings. The van der Waals surface area contributed by atoms with Crippen molar-refractivity contribution in [3.8, 4) is 23.0 Å². The number of hydrogen-bond donors (Lipinski definition) is 1. The molecular weight excluding hydrogens is 343 g/mol. The average Bonchev–Trinajstić information content (AvgIpc) is 3.05. The highest BCUT2D eigenvalue weighted by molar-refractivity contribution is 5.70. The average molecular weight is 357 g/mol. The van der Waals surface area contributed by atoms with Gasteiger partial charge in [0.15, 0.2) is 0 Å². The maximum atomic E-state index is 13.0. The highest BCUT2D eigenvalue weighted by Crippen LogP contribution is 2.34. The molecule has 3 rings (SSSR count). The number of aryl methyl sites for hydroxylation is 1. The van der Waals surface area contributed by atoms with Crippen molar-refractivity contribution >= 4 is 5.82 Å². The van der Waals surface area contributed by atoms with Gasteiger partial charge in [0.05, 0.1) is 5.56 Å². The molecule has 0 radical (unpaired) electrons. The third-order valence-corrected chi connectivity index (χ3v) is 3.97. The molecule has 0 aliphatic heterocycles. The van der Waals surface area contributed by atoms with Gasteiger partial charge in [-0.25, -0.2) is 9.97 Å². The van der Waals surface area contributed by atoms with Crippen molar-refractivity contribution in [3.05, 3.63) is 59.7 Å². The van der Waals surface area contributed by atoms with E-state index in [-0.39, 0.29) is 5.69 Å². The van der Waals surface area contributed by atoms with Crippen molar-refractivity contribution < 1.29 is 13.2 Å². The van der Waals surface area contributed by atoms with E-state index in [4.69, 9.17) is 0 Å². The zero-order valence-corrected chi connectivity index (χ0v) is 14.0. The fourth-order valence-corrected chi connectivity index (χ4v) is 2.61. The number of hydrogen-bond acceptors (Lipinski definition) is 4. The molecule has 0 spiro atoms. The van der Waals surface area contributed by atoms with Crippen molar-refractivity contribution in [1.82, 2.24) is 14.5 Å². The van der Waals surface area contributed by atoms with Gasteiger partial charge in [0.25, 0.3) is 0 Å². The SMILES string of the molecule is CNc1cc(-n2cc(-c3cc(C(F)(F)F)ccc3C)cc2C#N)ncn1. The highest BCUT2D eigenvalue weighted by atomic mass is 19.4.